The number of aryl methyl sites for hydroxylation is 1. The third kappa shape index (κ3) is 2.87. The average molecular weight is 277 g/mol. The molecule has 0 radical (unpaired) electrons. The zero-order chi connectivity index (χ0) is 13.9. The van der Waals surface area contributed by atoms with Crippen molar-refractivity contribution in [2.45, 2.75) is 64.1 Å². The number of fused-ring (bicyclic) bond motifs is 1. The van der Waals surface area contributed by atoms with Gasteiger partial charge in [-0.1, -0.05) is 24.9 Å². The highest BCUT2D eigenvalue weighted by Crippen LogP contribution is 2.33. The van der Waals surface area contributed by atoms with Gasteiger partial charge in [0.1, 0.15) is 0 Å². The number of nitrogens with one attached hydrogen (secondary N) is 2. The summed E-state index contributed by atoms with van der Waals surface area (Å²) < 4.78 is 5.18. The molecule has 2 aliphatic rings. The first-order chi connectivity index (χ1) is 9.76. The van der Waals surface area contributed by atoms with Crippen LogP contribution in [0, 0.1) is 5.92 Å². The molecule has 2 fully saturated rings. The van der Waals surface area contributed by atoms with Gasteiger partial charge < -0.3 is 15.2 Å². The molecule has 1 amide bonds. The lowest BCUT2D eigenvalue weighted by Gasteiger charge is -2.24. The first-order valence-electron chi connectivity index (χ1n) is 7.74. The van der Waals surface area contributed by atoms with Gasteiger partial charge in [0, 0.05) is 12.1 Å². The molecule has 0 unspecified atom stereocenters. The van der Waals surface area contributed by atoms with Crippen molar-refractivity contribution < 1.29 is 9.32 Å². The van der Waals surface area contributed by atoms with Gasteiger partial charge in [-0.3, -0.25) is 4.79 Å². The van der Waals surface area contributed by atoms with Gasteiger partial charge in [-0.05, 0) is 31.6 Å². The normalized spacial score (nSPS) is 29.1. The Labute approximate surface area is 119 Å². The topological polar surface area (TPSA) is 67.2 Å². The third-order valence-electron chi connectivity index (χ3n) is 4.59. The van der Waals surface area contributed by atoms with Gasteiger partial charge in [0.2, 0.25) is 5.91 Å². The lowest BCUT2D eigenvalue weighted by Crippen LogP contribution is -2.42. The van der Waals surface area contributed by atoms with Gasteiger partial charge in [0.25, 0.3) is 0 Å². The van der Waals surface area contributed by atoms with E-state index in [1.165, 1.54) is 25.7 Å². The largest absolute Gasteiger partial charge is 0.359 e. The highest BCUT2D eigenvalue weighted by Gasteiger charge is 2.38. The van der Waals surface area contributed by atoms with Crippen LogP contribution in [-0.2, 0) is 17.8 Å². The second-order valence-electron chi connectivity index (χ2n) is 5.96. The quantitative estimate of drug-likeness (QED) is 0.880. The van der Waals surface area contributed by atoms with E-state index in [9.17, 15) is 4.79 Å². The molecule has 20 heavy (non-hydrogen) atoms. The maximum atomic E-state index is 12.2. The molecule has 1 aliphatic heterocycles. The number of rotatable bonds is 4. The van der Waals surface area contributed by atoms with Crippen LogP contribution in [0.1, 0.15) is 50.5 Å². The maximum absolute atomic E-state index is 12.2. The molecule has 3 rings (SSSR count). The number of nitrogens with zero attached hydrogens (tertiary/aromatic N) is 1. The molecule has 0 spiro atoms. The second kappa shape index (κ2) is 5.95. The number of hydrogen-bond acceptors (Lipinski definition) is 4. The SMILES string of the molecule is CCc1cc(CNC(=O)[C@@H]2C[C@@H]3CCCC[C@@H]3N2)on1. The van der Waals surface area contributed by atoms with Crippen molar-refractivity contribution in [3.8, 4) is 0 Å². The minimum Gasteiger partial charge on any atom is -0.359 e. The van der Waals surface area contributed by atoms with Gasteiger partial charge in [0.05, 0.1) is 18.3 Å². The van der Waals surface area contributed by atoms with Gasteiger partial charge >= 0.3 is 0 Å². The van der Waals surface area contributed by atoms with Crippen LogP contribution in [0.15, 0.2) is 10.6 Å². The van der Waals surface area contributed by atoms with Crippen molar-refractivity contribution >= 4 is 5.91 Å². The number of hydrogen-bond donors (Lipinski definition) is 2. The molecule has 5 nitrogen and oxygen atoms in total. The predicted octanol–water partition coefficient (Wildman–Crippen LogP) is 1.77. The Bertz CT molecular complexity index is 457. The molecule has 0 bridgehead atoms. The van der Waals surface area contributed by atoms with E-state index in [1.54, 1.807) is 0 Å². The first kappa shape index (κ1) is 13.6. The zero-order valence-corrected chi connectivity index (χ0v) is 12.0. The fourth-order valence-corrected chi connectivity index (χ4v) is 3.42. The molecule has 5 heteroatoms. The molecule has 2 heterocycles. The van der Waals surface area contributed by atoms with Crippen LogP contribution in [0.5, 0.6) is 0 Å². The summed E-state index contributed by atoms with van der Waals surface area (Å²) in [4.78, 5) is 12.2. The summed E-state index contributed by atoms with van der Waals surface area (Å²) in [6.45, 7) is 2.46. The Morgan fingerprint density at radius 2 is 2.35 bits per heavy atom. The van der Waals surface area contributed by atoms with Crippen LogP contribution in [-0.4, -0.2) is 23.1 Å². The average Bonchev–Trinajstić information content (AvgIpc) is 3.10. The van der Waals surface area contributed by atoms with E-state index in [4.69, 9.17) is 4.52 Å². The van der Waals surface area contributed by atoms with E-state index in [0.717, 1.165) is 24.3 Å². The van der Waals surface area contributed by atoms with Crippen molar-refractivity contribution in [3.05, 3.63) is 17.5 Å². The van der Waals surface area contributed by atoms with Crippen LogP contribution in [0.4, 0.5) is 0 Å². The van der Waals surface area contributed by atoms with Crippen LogP contribution in [0.25, 0.3) is 0 Å². The molecule has 1 aliphatic carbocycles. The lowest BCUT2D eigenvalue weighted by molar-refractivity contribution is -0.123. The summed E-state index contributed by atoms with van der Waals surface area (Å²) in [5.41, 5.74) is 0.930. The second-order valence-corrected chi connectivity index (χ2v) is 5.96. The van der Waals surface area contributed by atoms with Gasteiger partial charge in [-0.2, -0.15) is 0 Å². The monoisotopic (exact) mass is 277 g/mol. The van der Waals surface area contributed by atoms with E-state index in [-0.39, 0.29) is 11.9 Å². The Morgan fingerprint density at radius 1 is 1.50 bits per heavy atom. The van der Waals surface area contributed by atoms with E-state index >= 15 is 0 Å². The van der Waals surface area contributed by atoms with Crippen molar-refractivity contribution in [3.63, 3.8) is 0 Å². The third-order valence-corrected chi connectivity index (χ3v) is 4.59. The van der Waals surface area contributed by atoms with Crippen molar-refractivity contribution in [2.75, 3.05) is 0 Å². The van der Waals surface area contributed by atoms with Crippen LogP contribution in [0.2, 0.25) is 0 Å². The minimum absolute atomic E-state index is 0.0309. The molecule has 1 saturated heterocycles. The van der Waals surface area contributed by atoms with Crippen molar-refractivity contribution in [1.29, 1.82) is 0 Å². The standard InChI is InChI=1S/C15H23N3O2/c1-2-11-8-12(20-18-11)9-16-15(19)14-7-10-5-3-4-6-13(10)17-14/h8,10,13-14,17H,2-7,9H2,1H3,(H,16,19)/t10-,13-,14-/m0/s1. The molecule has 1 aromatic rings. The summed E-state index contributed by atoms with van der Waals surface area (Å²) in [6, 6.07) is 2.43. The lowest BCUT2D eigenvalue weighted by atomic mass is 9.85. The van der Waals surface area contributed by atoms with Gasteiger partial charge in [-0.15, -0.1) is 0 Å². The fourth-order valence-electron chi connectivity index (χ4n) is 3.42. The molecule has 1 saturated carbocycles. The summed E-state index contributed by atoms with van der Waals surface area (Å²) >= 11 is 0. The number of aromatic nitrogens is 1. The van der Waals surface area contributed by atoms with E-state index in [1.807, 2.05) is 13.0 Å². The fraction of sp³-hybridized carbons (Fsp3) is 0.733. The van der Waals surface area contributed by atoms with E-state index in [0.29, 0.717) is 18.5 Å². The molecular formula is C15H23N3O2. The summed E-state index contributed by atoms with van der Waals surface area (Å²) in [5.74, 6) is 1.51. The summed E-state index contributed by atoms with van der Waals surface area (Å²) in [6.07, 6.45) is 6.92. The minimum atomic E-state index is -0.0309. The smallest absolute Gasteiger partial charge is 0.237 e. The molecular weight excluding hydrogens is 254 g/mol. The summed E-state index contributed by atoms with van der Waals surface area (Å²) in [5, 5.41) is 10.4. The predicted molar refractivity (Wildman–Crippen MR) is 75.0 cm³/mol. The number of carbonyl (C=O) groups excluding carboxylic acids is 1. The Morgan fingerprint density at radius 3 is 3.10 bits per heavy atom. The van der Waals surface area contributed by atoms with Gasteiger partial charge in [-0.25, -0.2) is 0 Å². The van der Waals surface area contributed by atoms with Gasteiger partial charge in [0.15, 0.2) is 5.76 Å². The Balaban J connectivity index is 1.49. The molecule has 3 atom stereocenters. The maximum Gasteiger partial charge on any atom is 0.237 e. The summed E-state index contributed by atoms with van der Waals surface area (Å²) in [7, 11) is 0. The van der Waals surface area contributed by atoms with Crippen LogP contribution >= 0.6 is 0 Å². The highest BCUT2D eigenvalue weighted by atomic mass is 16.5. The van der Waals surface area contributed by atoms with E-state index in [2.05, 4.69) is 15.8 Å². The van der Waals surface area contributed by atoms with Crippen LogP contribution in [0.3, 0.4) is 0 Å². The molecule has 0 aromatic carbocycles. The highest BCUT2D eigenvalue weighted by molar-refractivity contribution is 5.82. The van der Waals surface area contributed by atoms with Crippen molar-refractivity contribution in [1.82, 2.24) is 15.8 Å². The van der Waals surface area contributed by atoms with E-state index < -0.39 is 0 Å². The zero-order valence-electron chi connectivity index (χ0n) is 12.0. The molecule has 2 N–H and O–H groups in total. The number of carbonyl (C=O) groups is 1. The molecule has 110 valence electrons. The Kier molecular flexibility index (Phi) is 4.05. The first-order valence-corrected chi connectivity index (χ1v) is 7.74. The number of amides is 1. The van der Waals surface area contributed by atoms with Crippen LogP contribution < -0.4 is 10.6 Å². The molecule has 1 aromatic heterocycles. The van der Waals surface area contributed by atoms with Crippen molar-refractivity contribution in [2.24, 2.45) is 5.92 Å². The Hall–Kier alpha value is -1.36.